The fourth-order valence-electron chi connectivity index (χ4n) is 2.53. The smallest absolute Gasteiger partial charge is 0.326 e. The van der Waals surface area contributed by atoms with E-state index in [0.717, 1.165) is 0 Å². The summed E-state index contributed by atoms with van der Waals surface area (Å²) in [5.41, 5.74) is 11.1. The molecule has 0 aliphatic carbocycles. The summed E-state index contributed by atoms with van der Waals surface area (Å²) < 4.78 is 0. The van der Waals surface area contributed by atoms with E-state index in [0.29, 0.717) is 25.8 Å². The van der Waals surface area contributed by atoms with Crippen LogP contribution in [0.5, 0.6) is 0 Å². The molecule has 0 fully saturated rings. The summed E-state index contributed by atoms with van der Waals surface area (Å²) in [5.74, 6) is -4.22. The Morgan fingerprint density at radius 2 is 1.47 bits per heavy atom. The van der Waals surface area contributed by atoms with E-state index in [2.05, 4.69) is 16.0 Å². The van der Waals surface area contributed by atoms with Crippen LogP contribution in [-0.2, 0) is 19.2 Å². The van der Waals surface area contributed by atoms with Crippen LogP contribution >= 0.6 is 0 Å². The van der Waals surface area contributed by atoms with Gasteiger partial charge in [0.2, 0.25) is 17.7 Å². The van der Waals surface area contributed by atoms with Crippen molar-refractivity contribution < 1.29 is 34.5 Å². The Hall–Kier alpha value is -2.28. The van der Waals surface area contributed by atoms with Gasteiger partial charge in [-0.3, -0.25) is 14.4 Å². The van der Waals surface area contributed by atoms with E-state index < -0.39 is 66.5 Å². The summed E-state index contributed by atoms with van der Waals surface area (Å²) in [4.78, 5) is 48.2. The Balaban J connectivity index is 5.07. The molecule has 174 valence electrons. The number of carbonyl (C=O) groups is 4. The lowest BCUT2D eigenvalue weighted by atomic mass is 10.0. The van der Waals surface area contributed by atoms with E-state index in [1.54, 1.807) is 13.8 Å². The average Bonchev–Trinajstić information content (AvgIpc) is 2.66. The summed E-state index contributed by atoms with van der Waals surface area (Å²) in [7, 11) is 0. The number of carboxylic acids is 1. The van der Waals surface area contributed by atoms with Crippen LogP contribution < -0.4 is 27.4 Å². The number of aliphatic carboxylic acids is 1. The van der Waals surface area contributed by atoms with Gasteiger partial charge in [0.25, 0.3) is 0 Å². The summed E-state index contributed by atoms with van der Waals surface area (Å²) in [6, 6.07) is -5.04. The van der Waals surface area contributed by atoms with Crippen molar-refractivity contribution in [2.24, 2.45) is 17.4 Å². The Kier molecular flexibility index (Phi) is 12.8. The Morgan fingerprint density at radius 1 is 0.900 bits per heavy atom. The second-order valence-electron chi connectivity index (χ2n) is 7.43. The summed E-state index contributed by atoms with van der Waals surface area (Å²) in [6.45, 7) is 4.09. The highest BCUT2D eigenvalue weighted by molar-refractivity contribution is 5.94. The lowest BCUT2D eigenvalue weighted by Crippen LogP contribution is -2.61. The molecule has 0 saturated carbocycles. The second-order valence-corrected chi connectivity index (χ2v) is 7.43. The third kappa shape index (κ3) is 9.48. The van der Waals surface area contributed by atoms with Gasteiger partial charge in [0, 0.05) is 0 Å². The maximum Gasteiger partial charge on any atom is 0.326 e. The lowest BCUT2D eigenvalue weighted by molar-refractivity contribution is -0.144. The molecule has 0 rings (SSSR count). The molecule has 3 amide bonds. The summed E-state index contributed by atoms with van der Waals surface area (Å²) in [6.07, 6.45) is 0.271. The maximum absolute atomic E-state index is 12.4. The molecule has 5 atom stereocenters. The molecule has 0 aromatic carbocycles. The van der Waals surface area contributed by atoms with Crippen molar-refractivity contribution in [3.63, 3.8) is 0 Å². The number of carboxylic acid groups (broad SMARTS) is 1. The highest BCUT2D eigenvalue weighted by atomic mass is 16.4. The van der Waals surface area contributed by atoms with Crippen LogP contribution in [0.2, 0.25) is 0 Å². The van der Waals surface area contributed by atoms with Crippen LogP contribution in [0.25, 0.3) is 0 Å². The van der Waals surface area contributed by atoms with Gasteiger partial charge in [-0.15, -0.1) is 0 Å². The van der Waals surface area contributed by atoms with Crippen molar-refractivity contribution in [2.75, 3.05) is 13.2 Å². The zero-order valence-corrected chi connectivity index (χ0v) is 17.6. The third-order valence-corrected chi connectivity index (χ3v) is 4.41. The topological polar surface area (TPSA) is 217 Å². The zero-order valence-electron chi connectivity index (χ0n) is 17.6. The van der Waals surface area contributed by atoms with Crippen LogP contribution in [0, 0.1) is 5.92 Å². The van der Waals surface area contributed by atoms with Crippen molar-refractivity contribution in [3.8, 4) is 0 Å². The number of nitrogens with one attached hydrogen (secondary N) is 3. The first-order valence-corrected chi connectivity index (χ1v) is 9.84. The van der Waals surface area contributed by atoms with Crippen LogP contribution in [0.1, 0.15) is 40.0 Å². The lowest BCUT2D eigenvalue weighted by Gasteiger charge is -2.26. The summed E-state index contributed by atoms with van der Waals surface area (Å²) >= 11 is 0. The Morgan fingerprint density at radius 3 is 1.90 bits per heavy atom. The molecule has 0 aromatic heterocycles. The normalized spacial score (nSPS) is 16.1. The van der Waals surface area contributed by atoms with Gasteiger partial charge in [0.1, 0.15) is 18.1 Å². The zero-order chi connectivity index (χ0) is 23.4. The van der Waals surface area contributed by atoms with E-state index in [1.165, 1.54) is 6.92 Å². The van der Waals surface area contributed by atoms with Crippen molar-refractivity contribution >= 4 is 23.7 Å². The second kappa shape index (κ2) is 13.9. The van der Waals surface area contributed by atoms with Crippen molar-refractivity contribution in [1.29, 1.82) is 0 Å². The van der Waals surface area contributed by atoms with Crippen LogP contribution in [0.15, 0.2) is 0 Å². The molecule has 0 aliphatic heterocycles. The quantitative estimate of drug-likeness (QED) is 0.131. The Labute approximate surface area is 175 Å². The van der Waals surface area contributed by atoms with Gasteiger partial charge in [-0.2, -0.15) is 0 Å². The SMILES string of the molecule is CC(C)C(NC(=O)C(NC(=O)C(CO)NC(=O)C(N)CCCCN)C(C)O)C(=O)O. The predicted molar refractivity (Wildman–Crippen MR) is 108 cm³/mol. The molecule has 12 heteroatoms. The molecule has 0 spiro atoms. The van der Waals surface area contributed by atoms with E-state index in [1.807, 2.05) is 0 Å². The van der Waals surface area contributed by atoms with Gasteiger partial charge in [-0.05, 0) is 32.2 Å². The van der Waals surface area contributed by atoms with Crippen molar-refractivity contribution in [1.82, 2.24) is 16.0 Å². The first kappa shape index (κ1) is 27.7. The fourth-order valence-corrected chi connectivity index (χ4v) is 2.53. The molecule has 0 heterocycles. The van der Waals surface area contributed by atoms with Gasteiger partial charge < -0.3 is 42.7 Å². The van der Waals surface area contributed by atoms with Crippen molar-refractivity contribution in [3.05, 3.63) is 0 Å². The number of rotatable bonds is 14. The third-order valence-electron chi connectivity index (χ3n) is 4.41. The van der Waals surface area contributed by atoms with E-state index in [9.17, 15) is 34.5 Å². The van der Waals surface area contributed by atoms with Gasteiger partial charge >= 0.3 is 5.97 Å². The van der Waals surface area contributed by atoms with Gasteiger partial charge in [0.05, 0.1) is 18.8 Å². The average molecular weight is 434 g/mol. The number of amides is 3. The molecular formula is C18H35N5O7. The molecule has 30 heavy (non-hydrogen) atoms. The molecule has 0 bridgehead atoms. The van der Waals surface area contributed by atoms with Crippen molar-refractivity contribution in [2.45, 2.75) is 70.3 Å². The highest BCUT2D eigenvalue weighted by Crippen LogP contribution is 2.04. The number of aliphatic hydroxyl groups is 2. The standard InChI is InChI=1S/C18H35N5O7/c1-9(2)13(18(29)30)22-17(28)14(10(3)25)23-16(27)12(8-24)21-15(26)11(20)6-4-5-7-19/h9-14,24-25H,4-8,19-20H2,1-3H3,(H,21,26)(H,22,28)(H,23,27)(H,29,30). The minimum absolute atomic E-state index is 0.341. The number of unbranched alkanes of at least 4 members (excludes halogenated alkanes) is 1. The minimum Gasteiger partial charge on any atom is -0.480 e. The predicted octanol–water partition coefficient (Wildman–Crippen LogP) is -2.99. The fraction of sp³-hybridized carbons (Fsp3) is 0.778. The largest absolute Gasteiger partial charge is 0.480 e. The van der Waals surface area contributed by atoms with Crippen LogP contribution in [0.3, 0.4) is 0 Å². The molecular weight excluding hydrogens is 398 g/mol. The number of nitrogens with two attached hydrogens (primary N) is 2. The first-order chi connectivity index (χ1) is 14.0. The number of aliphatic hydroxyl groups excluding tert-OH is 2. The van der Waals surface area contributed by atoms with E-state index >= 15 is 0 Å². The van der Waals surface area contributed by atoms with E-state index in [-0.39, 0.29) is 0 Å². The number of hydrogen-bond acceptors (Lipinski definition) is 8. The van der Waals surface area contributed by atoms with Gasteiger partial charge in [0.15, 0.2) is 0 Å². The minimum atomic E-state index is -1.50. The maximum atomic E-state index is 12.4. The van der Waals surface area contributed by atoms with Gasteiger partial charge in [-0.1, -0.05) is 20.3 Å². The molecule has 10 N–H and O–H groups in total. The van der Waals surface area contributed by atoms with Gasteiger partial charge in [-0.25, -0.2) is 4.79 Å². The van der Waals surface area contributed by atoms with E-state index in [4.69, 9.17) is 11.5 Å². The number of carbonyl (C=O) groups excluding carboxylic acids is 3. The first-order valence-electron chi connectivity index (χ1n) is 9.84. The Bertz CT molecular complexity index is 585. The molecule has 12 nitrogen and oxygen atoms in total. The van der Waals surface area contributed by atoms with Crippen LogP contribution in [0.4, 0.5) is 0 Å². The molecule has 0 saturated heterocycles. The molecule has 5 unspecified atom stereocenters. The number of hydrogen-bond donors (Lipinski definition) is 8. The molecule has 0 aliphatic rings. The summed E-state index contributed by atoms with van der Waals surface area (Å²) in [5, 5.41) is 35.3. The monoisotopic (exact) mass is 433 g/mol. The van der Waals surface area contributed by atoms with Crippen LogP contribution in [-0.4, -0.2) is 82.4 Å². The highest BCUT2D eigenvalue weighted by Gasteiger charge is 2.33. The molecule has 0 aromatic rings. The molecule has 0 radical (unpaired) electrons.